The first-order chi connectivity index (χ1) is 18.5. The SMILES string of the molecule is CCOC(=O)COc1cc(C(=O)CNC(=O)c2cc3c(s2)CCNC3)ccc1OCC(=O)OC(=O)C(F)(F)F. The van der Waals surface area contributed by atoms with E-state index in [4.69, 9.17) is 14.2 Å². The predicted octanol–water partition coefficient (Wildman–Crippen LogP) is 1.96. The molecule has 0 saturated heterocycles. The number of hydrogen-bond donors (Lipinski definition) is 2. The fourth-order valence-electron chi connectivity index (χ4n) is 3.29. The van der Waals surface area contributed by atoms with Crippen molar-refractivity contribution in [1.82, 2.24) is 10.6 Å². The van der Waals surface area contributed by atoms with Gasteiger partial charge in [-0.2, -0.15) is 13.2 Å². The number of esters is 3. The average molecular weight is 573 g/mol. The molecule has 39 heavy (non-hydrogen) atoms. The van der Waals surface area contributed by atoms with Crippen LogP contribution in [0.25, 0.3) is 0 Å². The minimum atomic E-state index is -5.37. The van der Waals surface area contributed by atoms with Crippen molar-refractivity contribution in [2.75, 3.05) is 32.9 Å². The summed E-state index contributed by atoms with van der Waals surface area (Å²) in [6, 6.07) is 5.34. The van der Waals surface area contributed by atoms with Crippen LogP contribution >= 0.6 is 11.3 Å². The lowest BCUT2D eigenvalue weighted by Gasteiger charge is -2.14. The summed E-state index contributed by atoms with van der Waals surface area (Å²) in [6.45, 7) is 1.01. The number of carbonyl (C=O) groups is 5. The second-order valence-electron chi connectivity index (χ2n) is 7.89. The zero-order chi connectivity index (χ0) is 28.6. The van der Waals surface area contributed by atoms with Gasteiger partial charge in [0, 0.05) is 23.5 Å². The normalized spacial score (nSPS) is 12.6. The Balaban J connectivity index is 1.66. The molecule has 0 spiro atoms. The van der Waals surface area contributed by atoms with E-state index in [1.54, 1.807) is 13.0 Å². The van der Waals surface area contributed by atoms with E-state index in [1.807, 2.05) is 0 Å². The highest BCUT2D eigenvalue weighted by Gasteiger charge is 2.42. The molecule has 3 rings (SSSR count). The number of ketones is 1. The number of alkyl halides is 3. The highest BCUT2D eigenvalue weighted by atomic mass is 32.1. The number of nitrogens with one attached hydrogen (secondary N) is 2. The number of carbonyl (C=O) groups excluding carboxylic acids is 5. The molecule has 2 heterocycles. The molecule has 2 aromatic rings. The van der Waals surface area contributed by atoms with Crippen LogP contribution in [-0.2, 0) is 36.8 Å². The minimum Gasteiger partial charge on any atom is -0.478 e. The molecule has 1 amide bonds. The summed E-state index contributed by atoms with van der Waals surface area (Å²) in [7, 11) is 0. The third kappa shape index (κ3) is 8.51. The van der Waals surface area contributed by atoms with Gasteiger partial charge in [0.1, 0.15) is 0 Å². The van der Waals surface area contributed by atoms with Crippen molar-refractivity contribution in [3.05, 3.63) is 45.1 Å². The Morgan fingerprint density at radius 2 is 1.74 bits per heavy atom. The van der Waals surface area contributed by atoms with Crippen molar-refractivity contribution >= 4 is 40.9 Å². The minimum absolute atomic E-state index is 0.0333. The molecular formula is C24H23F3N2O9S. The maximum absolute atomic E-state index is 12.7. The fraction of sp³-hybridized carbons (Fsp3) is 0.375. The van der Waals surface area contributed by atoms with Gasteiger partial charge in [-0.1, -0.05) is 0 Å². The number of benzene rings is 1. The van der Waals surface area contributed by atoms with Gasteiger partial charge in [0.25, 0.3) is 5.91 Å². The lowest BCUT2D eigenvalue weighted by Crippen LogP contribution is -2.30. The van der Waals surface area contributed by atoms with Crippen molar-refractivity contribution in [3.63, 3.8) is 0 Å². The lowest BCUT2D eigenvalue weighted by molar-refractivity contribution is -0.202. The van der Waals surface area contributed by atoms with Crippen LogP contribution in [-0.4, -0.2) is 68.7 Å². The molecule has 15 heteroatoms. The molecule has 1 aromatic carbocycles. The Labute approximate surface area is 223 Å². The molecule has 0 aliphatic carbocycles. The molecule has 0 unspecified atom stereocenters. The maximum Gasteiger partial charge on any atom is 0.491 e. The average Bonchev–Trinajstić information content (AvgIpc) is 3.33. The van der Waals surface area contributed by atoms with E-state index in [-0.39, 0.29) is 30.2 Å². The summed E-state index contributed by atoms with van der Waals surface area (Å²) in [5.74, 6) is -6.54. The number of thiophene rings is 1. The molecule has 0 fully saturated rings. The quantitative estimate of drug-likeness (QED) is 0.233. The van der Waals surface area contributed by atoms with Gasteiger partial charge in [0.15, 0.2) is 30.5 Å². The van der Waals surface area contributed by atoms with E-state index in [0.29, 0.717) is 11.4 Å². The molecule has 0 radical (unpaired) electrons. The van der Waals surface area contributed by atoms with Gasteiger partial charge in [-0.15, -0.1) is 11.3 Å². The first-order valence-electron chi connectivity index (χ1n) is 11.5. The van der Waals surface area contributed by atoms with E-state index in [1.165, 1.54) is 17.4 Å². The van der Waals surface area contributed by atoms with Gasteiger partial charge < -0.3 is 29.6 Å². The first kappa shape index (κ1) is 29.6. The standard InChI is InChI=1S/C24H23F3N2O9S/c1-2-35-20(31)11-37-17-7-13(3-4-16(17)36-12-21(32)38-23(34)24(25,26)27)15(30)10-29-22(33)19-8-14-9-28-6-5-18(14)39-19/h3-4,7-8,28H,2,5-6,9-12H2,1H3,(H,29,33). The molecule has 210 valence electrons. The van der Waals surface area contributed by atoms with Gasteiger partial charge in [-0.3, -0.25) is 9.59 Å². The zero-order valence-electron chi connectivity index (χ0n) is 20.5. The van der Waals surface area contributed by atoms with Crippen LogP contribution < -0.4 is 20.1 Å². The molecule has 0 bridgehead atoms. The van der Waals surface area contributed by atoms with Crippen molar-refractivity contribution in [2.24, 2.45) is 0 Å². The summed E-state index contributed by atoms with van der Waals surface area (Å²) < 4.78 is 55.6. The number of ether oxygens (including phenoxy) is 4. The maximum atomic E-state index is 12.7. The summed E-state index contributed by atoms with van der Waals surface area (Å²) in [5, 5.41) is 5.76. The predicted molar refractivity (Wildman–Crippen MR) is 128 cm³/mol. The molecular weight excluding hydrogens is 549 g/mol. The number of halogens is 3. The van der Waals surface area contributed by atoms with E-state index < -0.39 is 49.0 Å². The van der Waals surface area contributed by atoms with Crippen LogP contribution in [0, 0.1) is 0 Å². The summed E-state index contributed by atoms with van der Waals surface area (Å²) in [6.07, 6.45) is -4.56. The summed E-state index contributed by atoms with van der Waals surface area (Å²) in [5.41, 5.74) is 1.07. The van der Waals surface area contributed by atoms with Crippen molar-refractivity contribution < 1.29 is 56.1 Å². The molecule has 0 atom stereocenters. The Bertz CT molecular complexity index is 1240. The molecule has 1 aliphatic heterocycles. The summed E-state index contributed by atoms with van der Waals surface area (Å²) in [4.78, 5) is 60.9. The van der Waals surface area contributed by atoms with E-state index >= 15 is 0 Å². The van der Waals surface area contributed by atoms with Gasteiger partial charge in [0.05, 0.1) is 18.0 Å². The van der Waals surface area contributed by atoms with Crippen LogP contribution in [0.1, 0.15) is 37.4 Å². The van der Waals surface area contributed by atoms with E-state index in [9.17, 15) is 37.1 Å². The van der Waals surface area contributed by atoms with Crippen molar-refractivity contribution in [1.29, 1.82) is 0 Å². The second kappa shape index (κ2) is 13.2. The number of fused-ring (bicyclic) bond motifs is 1. The van der Waals surface area contributed by atoms with Gasteiger partial charge in [-0.25, -0.2) is 14.4 Å². The van der Waals surface area contributed by atoms with Crippen LogP contribution in [0.5, 0.6) is 11.5 Å². The number of rotatable bonds is 11. The molecule has 2 N–H and O–H groups in total. The number of hydrogen-bond acceptors (Lipinski definition) is 11. The van der Waals surface area contributed by atoms with Gasteiger partial charge in [0.2, 0.25) is 0 Å². The Kier molecular flexibility index (Phi) is 10.0. The largest absolute Gasteiger partial charge is 0.491 e. The van der Waals surface area contributed by atoms with E-state index in [0.717, 1.165) is 35.5 Å². The zero-order valence-corrected chi connectivity index (χ0v) is 21.3. The summed E-state index contributed by atoms with van der Waals surface area (Å²) >= 11 is 1.36. The third-order valence-corrected chi connectivity index (χ3v) is 6.31. The molecule has 1 aliphatic rings. The number of Topliss-reactive ketones (excluding diaryl/α,β-unsaturated/α-hetero) is 1. The van der Waals surface area contributed by atoms with Crippen molar-refractivity contribution in [3.8, 4) is 11.5 Å². The first-order valence-corrected chi connectivity index (χ1v) is 12.3. The monoisotopic (exact) mass is 572 g/mol. The molecule has 1 aromatic heterocycles. The Hall–Kier alpha value is -3.98. The van der Waals surface area contributed by atoms with Gasteiger partial charge in [-0.05, 0) is 43.2 Å². The third-order valence-electron chi connectivity index (χ3n) is 5.07. The van der Waals surface area contributed by atoms with Crippen LogP contribution in [0.4, 0.5) is 13.2 Å². The molecule has 0 saturated carbocycles. The Morgan fingerprint density at radius 3 is 2.44 bits per heavy atom. The highest BCUT2D eigenvalue weighted by Crippen LogP contribution is 2.29. The number of amides is 1. The smallest absolute Gasteiger partial charge is 0.478 e. The second-order valence-corrected chi connectivity index (χ2v) is 9.03. The lowest BCUT2D eigenvalue weighted by atomic mass is 10.1. The Morgan fingerprint density at radius 1 is 1.03 bits per heavy atom. The molecule has 11 nitrogen and oxygen atoms in total. The topological polar surface area (TPSA) is 146 Å². The van der Waals surface area contributed by atoms with Crippen LogP contribution in [0.15, 0.2) is 24.3 Å². The van der Waals surface area contributed by atoms with Crippen LogP contribution in [0.3, 0.4) is 0 Å². The highest BCUT2D eigenvalue weighted by molar-refractivity contribution is 7.14. The van der Waals surface area contributed by atoms with Crippen molar-refractivity contribution in [2.45, 2.75) is 26.1 Å². The van der Waals surface area contributed by atoms with Gasteiger partial charge >= 0.3 is 24.1 Å². The fourth-order valence-corrected chi connectivity index (χ4v) is 4.39. The van der Waals surface area contributed by atoms with Crippen LogP contribution in [0.2, 0.25) is 0 Å². The van der Waals surface area contributed by atoms with E-state index in [2.05, 4.69) is 15.4 Å².